The van der Waals surface area contributed by atoms with Gasteiger partial charge in [0.15, 0.2) is 17.5 Å². The fraction of sp³-hybridized carbons (Fsp3) is 0. The number of thiophene rings is 1. The molecule has 0 bridgehead atoms. The molecule has 6 aromatic carbocycles. The Morgan fingerprint density at radius 3 is 1.88 bits per heavy atom. The summed E-state index contributed by atoms with van der Waals surface area (Å²) in [5.41, 5.74) is 8.46. The zero-order chi connectivity index (χ0) is 33.0. The summed E-state index contributed by atoms with van der Waals surface area (Å²) in [6.45, 7) is 0. The highest BCUT2D eigenvalue weighted by molar-refractivity contribution is 7.27. The van der Waals surface area contributed by atoms with E-state index in [9.17, 15) is 0 Å². The average Bonchev–Trinajstić information content (AvgIpc) is 3.75. The van der Waals surface area contributed by atoms with Gasteiger partial charge in [0.1, 0.15) is 5.69 Å². The average molecular weight is 658 g/mol. The smallest absolute Gasteiger partial charge is 0.182 e. The summed E-state index contributed by atoms with van der Waals surface area (Å²) in [6.07, 6.45) is 1.77. The van der Waals surface area contributed by atoms with Gasteiger partial charge < -0.3 is 4.57 Å². The molecule has 0 aliphatic carbocycles. The zero-order valence-electron chi connectivity index (χ0n) is 26.7. The summed E-state index contributed by atoms with van der Waals surface area (Å²) in [5.74, 6) is 1.78. The summed E-state index contributed by atoms with van der Waals surface area (Å²) in [4.78, 5) is 19.8. The molecule has 0 atom stereocenters. The molecule has 4 heterocycles. The molecular formula is C44H27N5S. The molecule has 5 nitrogen and oxygen atoms in total. The molecule has 0 radical (unpaired) electrons. The van der Waals surface area contributed by atoms with Gasteiger partial charge in [0, 0.05) is 49.3 Å². The van der Waals surface area contributed by atoms with Crippen molar-refractivity contribution in [3.05, 3.63) is 164 Å². The molecule has 4 aromatic heterocycles. The Balaban J connectivity index is 1.21. The van der Waals surface area contributed by atoms with E-state index in [0.717, 1.165) is 27.1 Å². The molecule has 0 aliphatic rings. The highest BCUT2D eigenvalue weighted by Crippen LogP contribution is 2.45. The normalized spacial score (nSPS) is 11.6. The van der Waals surface area contributed by atoms with Gasteiger partial charge in [-0.25, -0.2) is 15.0 Å². The number of nitrogens with zero attached hydrogens (tertiary/aromatic N) is 5. The van der Waals surface area contributed by atoms with Crippen molar-refractivity contribution in [2.75, 3.05) is 0 Å². The first-order chi connectivity index (χ1) is 24.8. The summed E-state index contributed by atoms with van der Waals surface area (Å²) < 4.78 is 4.78. The van der Waals surface area contributed by atoms with Crippen molar-refractivity contribution in [2.45, 2.75) is 0 Å². The van der Waals surface area contributed by atoms with Gasteiger partial charge >= 0.3 is 0 Å². The van der Waals surface area contributed by atoms with E-state index >= 15 is 0 Å². The molecule has 0 N–H and O–H groups in total. The van der Waals surface area contributed by atoms with Gasteiger partial charge in [-0.2, -0.15) is 0 Å². The predicted octanol–water partition coefficient (Wildman–Crippen LogP) is 11.4. The van der Waals surface area contributed by atoms with Crippen LogP contribution in [0.1, 0.15) is 0 Å². The highest BCUT2D eigenvalue weighted by Gasteiger charge is 2.21. The van der Waals surface area contributed by atoms with Crippen molar-refractivity contribution >= 4 is 53.3 Å². The highest BCUT2D eigenvalue weighted by atomic mass is 32.1. The Labute approximate surface area is 291 Å². The number of rotatable bonds is 5. The van der Waals surface area contributed by atoms with E-state index in [1.807, 2.05) is 24.3 Å². The maximum Gasteiger partial charge on any atom is 0.182 e. The van der Waals surface area contributed by atoms with Crippen LogP contribution in [0.5, 0.6) is 0 Å². The second-order valence-corrected chi connectivity index (χ2v) is 13.3. The largest absolute Gasteiger partial charge is 0.308 e. The van der Waals surface area contributed by atoms with Crippen molar-refractivity contribution in [1.29, 1.82) is 0 Å². The predicted molar refractivity (Wildman–Crippen MR) is 207 cm³/mol. The number of aromatic nitrogens is 5. The third-order valence-electron chi connectivity index (χ3n) is 9.33. The second kappa shape index (κ2) is 11.6. The van der Waals surface area contributed by atoms with Crippen LogP contribution in [0.25, 0.3) is 93.1 Å². The van der Waals surface area contributed by atoms with Crippen LogP contribution in [0, 0.1) is 0 Å². The van der Waals surface area contributed by atoms with Gasteiger partial charge in [-0.15, -0.1) is 11.3 Å². The molecule has 10 aromatic rings. The number of pyridine rings is 1. The standard InChI is InChI=1S/C44H27N5S/c1-3-12-28(13-4-1)29-21-23-30(24-22-29)42-46-43(48-44(47-42)37-19-9-10-27-45-37)36-18-11-17-34-35-26-25-33-32-16-7-8-20-38(32)49(31-14-5-2-6-15-31)39(33)41(35)50-40(34)36/h1-27H. The van der Waals surface area contributed by atoms with E-state index in [-0.39, 0.29) is 0 Å². The maximum absolute atomic E-state index is 5.14. The molecule has 6 heteroatoms. The SMILES string of the molecule is c1ccc(-c2ccc(-c3nc(-c4ccccn4)nc(-c4cccc5c4sc4c5ccc5c6ccccc6n(-c6ccccc6)c54)n3)cc2)cc1. The Morgan fingerprint density at radius 1 is 0.420 bits per heavy atom. The first kappa shape index (κ1) is 28.5. The van der Waals surface area contributed by atoms with Crippen LogP contribution in [-0.2, 0) is 0 Å². The Hall–Kier alpha value is -6.50. The summed E-state index contributed by atoms with van der Waals surface area (Å²) in [7, 11) is 0. The fourth-order valence-corrected chi connectivity index (χ4v) is 8.35. The Kier molecular flexibility index (Phi) is 6.60. The molecule has 0 amide bonds. The van der Waals surface area contributed by atoms with Gasteiger partial charge in [-0.1, -0.05) is 121 Å². The van der Waals surface area contributed by atoms with E-state index < -0.39 is 0 Å². The van der Waals surface area contributed by atoms with E-state index in [1.165, 1.54) is 42.8 Å². The molecule has 234 valence electrons. The molecule has 0 aliphatic heterocycles. The number of fused-ring (bicyclic) bond motifs is 7. The molecule has 0 spiro atoms. The van der Waals surface area contributed by atoms with Crippen LogP contribution in [0.15, 0.2) is 164 Å². The van der Waals surface area contributed by atoms with E-state index in [0.29, 0.717) is 23.2 Å². The molecule has 0 fully saturated rings. The van der Waals surface area contributed by atoms with Crippen molar-refractivity contribution in [2.24, 2.45) is 0 Å². The van der Waals surface area contributed by atoms with Gasteiger partial charge in [0.05, 0.1) is 15.7 Å². The Morgan fingerprint density at radius 2 is 1.06 bits per heavy atom. The maximum atomic E-state index is 5.14. The van der Waals surface area contributed by atoms with Crippen LogP contribution < -0.4 is 0 Å². The number of benzene rings is 6. The molecule has 0 saturated heterocycles. The molecule has 50 heavy (non-hydrogen) atoms. The lowest BCUT2D eigenvalue weighted by Gasteiger charge is -2.09. The van der Waals surface area contributed by atoms with Gasteiger partial charge in [-0.05, 0) is 47.5 Å². The fourth-order valence-electron chi connectivity index (χ4n) is 7.00. The Bertz CT molecular complexity index is 2840. The van der Waals surface area contributed by atoms with Crippen molar-refractivity contribution in [3.8, 4) is 51.1 Å². The summed E-state index contributed by atoms with van der Waals surface area (Å²) in [6, 6.07) is 54.9. The van der Waals surface area contributed by atoms with Crippen LogP contribution in [0.3, 0.4) is 0 Å². The van der Waals surface area contributed by atoms with Crippen LogP contribution in [0.2, 0.25) is 0 Å². The van der Waals surface area contributed by atoms with Gasteiger partial charge in [0.2, 0.25) is 0 Å². The second-order valence-electron chi connectivity index (χ2n) is 12.3. The van der Waals surface area contributed by atoms with E-state index in [2.05, 4.69) is 143 Å². The van der Waals surface area contributed by atoms with Crippen LogP contribution >= 0.6 is 11.3 Å². The van der Waals surface area contributed by atoms with Crippen molar-refractivity contribution in [3.63, 3.8) is 0 Å². The molecular weight excluding hydrogens is 631 g/mol. The van der Waals surface area contributed by atoms with Gasteiger partial charge in [0.25, 0.3) is 0 Å². The minimum absolute atomic E-state index is 0.544. The molecule has 0 saturated carbocycles. The van der Waals surface area contributed by atoms with Crippen LogP contribution in [0.4, 0.5) is 0 Å². The lowest BCUT2D eigenvalue weighted by Crippen LogP contribution is -2.01. The number of hydrogen-bond acceptors (Lipinski definition) is 5. The van der Waals surface area contributed by atoms with E-state index in [4.69, 9.17) is 15.0 Å². The third kappa shape index (κ3) is 4.61. The van der Waals surface area contributed by atoms with Crippen LogP contribution in [-0.4, -0.2) is 24.5 Å². The minimum atomic E-state index is 0.544. The van der Waals surface area contributed by atoms with Gasteiger partial charge in [-0.3, -0.25) is 4.98 Å². The summed E-state index contributed by atoms with van der Waals surface area (Å²) >= 11 is 1.80. The first-order valence-corrected chi connectivity index (χ1v) is 17.4. The van der Waals surface area contributed by atoms with Crippen molar-refractivity contribution < 1.29 is 0 Å². The quantitative estimate of drug-likeness (QED) is 0.185. The van der Waals surface area contributed by atoms with E-state index in [1.54, 1.807) is 17.5 Å². The zero-order valence-corrected chi connectivity index (χ0v) is 27.5. The monoisotopic (exact) mass is 657 g/mol. The first-order valence-electron chi connectivity index (χ1n) is 16.6. The number of hydrogen-bond donors (Lipinski definition) is 0. The number of para-hydroxylation sites is 2. The van der Waals surface area contributed by atoms with Crippen molar-refractivity contribution in [1.82, 2.24) is 24.5 Å². The lowest BCUT2D eigenvalue weighted by molar-refractivity contribution is 1.06. The lowest BCUT2D eigenvalue weighted by atomic mass is 10.0. The molecule has 10 rings (SSSR count). The molecule has 0 unspecified atom stereocenters. The third-order valence-corrected chi connectivity index (χ3v) is 10.6. The minimum Gasteiger partial charge on any atom is -0.308 e. The summed E-state index contributed by atoms with van der Waals surface area (Å²) in [5, 5.41) is 4.88. The topological polar surface area (TPSA) is 56.5 Å².